The third-order valence-corrected chi connectivity index (χ3v) is 4.12. The maximum absolute atomic E-state index is 12.2. The van der Waals surface area contributed by atoms with Crippen LogP contribution in [-0.4, -0.2) is 12.5 Å². The number of rotatable bonds is 6. The molecule has 0 spiro atoms. The number of benzene rings is 3. The normalized spacial score (nSPS) is 10.5. The van der Waals surface area contributed by atoms with Crippen molar-refractivity contribution >= 4 is 23.2 Å². The van der Waals surface area contributed by atoms with Crippen molar-refractivity contribution in [2.75, 3.05) is 11.9 Å². The molecule has 0 aliphatic carbocycles. The van der Waals surface area contributed by atoms with Crippen LogP contribution < -0.4 is 10.1 Å². The molecule has 29 heavy (non-hydrogen) atoms. The molecule has 0 unspecified atom stereocenters. The Hall–Kier alpha value is -4.28. The summed E-state index contributed by atoms with van der Waals surface area (Å²) in [5.74, 6) is 2.91. The zero-order chi connectivity index (χ0) is 20.5. The van der Waals surface area contributed by atoms with Crippen molar-refractivity contribution in [3.63, 3.8) is 0 Å². The second-order valence-corrected chi connectivity index (χ2v) is 6.13. The fraction of sp³-hybridized carbons (Fsp3) is 0.0400. The van der Waals surface area contributed by atoms with Gasteiger partial charge in [0.1, 0.15) is 12.4 Å². The van der Waals surface area contributed by atoms with E-state index in [4.69, 9.17) is 11.2 Å². The summed E-state index contributed by atoms with van der Waals surface area (Å²) < 4.78 is 5.35. The Kier molecular flexibility index (Phi) is 6.45. The first-order chi connectivity index (χ1) is 14.2. The highest BCUT2D eigenvalue weighted by atomic mass is 16.5. The van der Waals surface area contributed by atoms with Crippen molar-refractivity contribution in [2.45, 2.75) is 0 Å². The van der Waals surface area contributed by atoms with E-state index >= 15 is 0 Å². The van der Waals surface area contributed by atoms with E-state index in [-0.39, 0.29) is 12.5 Å². The van der Waals surface area contributed by atoms with Crippen LogP contribution in [0, 0.1) is 23.7 Å². The number of anilines is 1. The van der Waals surface area contributed by atoms with Crippen molar-refractivity contribution in [1.82, 2.24) is 0 Å². The maximum Gasteiger partial charge on any atom is 0.255 e. The minimum absolute atomic E-state index is 0.179. The Balaban J connectivity index is 1.72. The van der Waals surface area contributed by atoms with Gasteiger partial charge in [0.15, 0.2) is 0 Å². The highest BCUT2D eigenvalue weighted by Gasteiger charge is 2.06. The number of nitrogens with zero attached hydrogens (tertiary/aromatic N) is 1. The van der Waals surface area contributed by atoms with Gasteiger partial charge in [0.05, 0.1) is 11.6 Å². The monoisotopic (exact) mass is 378 g/mol. The minimum atomic E-state index is -0.179. The number of terminal acetylenes is 1. The molecule has 0 aliphatic heterocycles. The van der Waals surface area contributed by atoms with E-state index < -0.39 is 0 Å². The fourth-order valence-corrected chi connectivity index (χ4v) is 2.66. The number of allylic oxidation sites excluding steroid dienone is 1. The number of carbonyl (C=O) groups excluding carboxylic acids is 1. The summed E-state index contributed by atoms with van der Waals surface area (Å²) in [7, 11) is 0. The summed E-state index contributed by atoms with van der Waals surface area (Å²) in [4.78, 5) is 12.2. The van der Waals surface area contributed by atoms with Crippen LogP contribution in [0.5, 0.6) is 5.75 Å². The van der Waals surface area contributed by atoms with Gasteiger partial charge in [-0.1, -0.05) is 48.4 Å². The second kappa shape index (κ2) is 9.60. The van der Waals surface area contributed by atoms with Crippen LogP contribution in [-0.2, 0) is 0 Å². The molecule has 3 rings (SSSR count). The van der Waals surface area contributed by atoms with Crippen LogP contribution in [0.15, 0.2) is 78.9 Å². The average molecular weight is 378 g/mol. The third-order valence-electron chi connectivity index (χ3n) is 4.12. The Bertz CT molecular complexity index is 1080. The van der Waals surface area contributed by atoms with E-state index in [0.29, 0.717) is 22.6 Å². The average Bonchev–Trinajstić information content (AvgIpc) is 2.78. The Morgan fingerprint density at radius 1 is 0.966 bits per heavy atom. The topological polar surface area (TPSA) is 62.1 Å². The number of ether oxygens (including phenoxy) is 1. The van der Waals surface area contributed by atoms with Gasteiger partial charge >= 0.3 is 0 Å². The summed E-state index contributed by atoms with van der Waals surface area (Å²) in [6.07, 6.45) is 6.97. The van der Waals surface area contributed by atoms with Gasteiger partial charge in [-0.05, 0) is 53.6 Å². The standard InChI is InChI=1S/C25H18N2O2/c1-2-16-29-24-14-8-19(9-15-24)17-22(18-26)20-10-12-23(13-11-20)27-25(28)21-6-4-3-5-7-21/h1,3-15,17H,16H2,(H,27,28)/b22-17+. The summed E-state index contributed by atoms with van der Waals surface area (Å²) in [6, 6.07) is 25.7. The molecular formula is C25H18N2O2. The SMILES string of the molecule is C#CCOc1ccc(/C=C(\C#N)c2ccc(NC(=O)c3ccccc3)cc2)cc1. The molecule has 1 N–H and O–H groups in total. The highest BCUT2D eigenvalue weighted by Crippen LogP contribution is 2.21. The first-order valence-electron chi connectivity index (χ1n) is 8.94. The number of nitrogens with one attached hydrogen (secondary N) is 1. The molecule has 0 saturated carbocycles. The van der Waals surface area contributed by atoms with Crippen molar-refractivity contribution in [3.05, 3.63) is 95.6 Å². The number of carbonyl (C=O) groups is 1. The number of nitriles is 1. The Labute approximate surface area is 170 Å². The van der Waals surface area contributed by atoms with E-state index in [0.717, 1.165) is 11.1 Å². The summed E-state index contributed by atoms with van der Waals surface area (Å²) in [5.41, 5.74) is 3.40. The van der Waals surface area contributed by atoms with Crippen molar-refractivity contribution in [3.8, 4) is 24.2 Å². The van der Waals surface area contributed by atoms with Gasteiger partial charge in [-0.25, -0.2) is 0 Å². The zero-order valence-corrected chi connectivity index (χ0v) is 15.6. The van der Waals surface area contributed by atoms with Gasteiger partial charge in [0.2, 0.25) is 0 Å². The van der Waals surface area contributed by atoms with E-state index in [1.807, 2.05) is 30.3 Å². The quantitative estimate of drug-likeness (QED) is 0.372. The first-order valence-corrected chi connectivity index (χ1v) is 8.94. The van der Waals surface area contributed by atoms with Gasteiger partial charge in [-0.3, -0.25) is 4.79 Å². The minimum Gasteiger partial charge on any atom is -0.481 e. The molecule has 0 radical (unpaired) electrons. The molecule has 4 heteroatoms. The molecule has 3 aromatic rings. The van der Waals surface area contributed by atoms with E-state index in [2.05, 4.69) is 17.3 Å². The number of hydrogen-bond acceptors (Lipinski definition) is 3. The molecule has 0 fully saturated rings. The zero-order valence-electron chi connectivity index (χ0n) is 15.6. The lowest BCUT2D eigenvalue weighted by Crippen LogP contribution is -2.11. The first kappa shape index (κ1) is 19.5. The van der Waals surface area contributed by atoms with Crippen LogP contribution in [0.2, 0.25) is 0 Å². The maximum atomic E-state index is 12.2. The second-order valence-electron chi connectivity index (χ2n) is 6.13. The lowest BCUT2D eigenvalue weighted by Gasteiger charge is -2.07. The highest BCUT2D eigenvalue weighted by molar-refractivity contribution is 6.04. The van der Waals surface area contributed by atoms with Gasteiger partial charge in [-0.15, -0.1) is 6.42 Å². The van der Waals surface area contributed by atoms with Crippen LogP contribution >= 0.6 is 0 Å². The molecule has 0 aromatic heterocycles. The van der Waals surface area contributed by atoms with E-state index in [1.54, 1.807) is 54.6 Å². The summed E-state index contributed by atoms with van der Waals surface area (Å²) in [5, 5.41) is 12.4. The van der Waals surface area contributed by atoms with Crippen molar-refractivity contribution in [1.29, 1.82) is 5.26 Å². The van der Waals surface area contributed by atoms with Gasteiger partial charge in [-0.2, -0.15) is 5.26 Å². The van der Waals surface area contributed by atoms with Gasteiger partial charge in [0, 0.05) is 11.3 Å². The molecular weight excluding hydrogens is 360 g/mol. The number of amides is 1. The molecule has 0 aliphatic rings. The third kappa shape index (κ3) is 5.35. The molecule has 0 heterocycles. The molecule has 0 bridgehead atoms. The van der Waals surface area contributed by atoms with Gasteiger partial charge < -0.3 is 10.1 Å². The molecule has 140 valence electrons. The lowest BCUT2D eigenvalue weighted by molar-refractivity contribution is 0.102. The smallest absolute Gasteiger partial charge is 0.255 e. The molecule has 0 saturated heterocycles. The number of hydrogen-bond donors (Lipinski definition) is 1. The van der Waals surface area contributed by atoms with E-state index in [1.165, 1.54) is 0 Å². The predicted molar refractivity (Wildman–Crippen MR) is 115 cm³/mol. The summed E-state index contributed by atoms with van der Waals surface area (Å²) >= 11 is 0. The van der Waals surface area contributed by atoms with Crippen molar-refractivity contribution < 1.29 is 9.53 Å². The van der Waals surface area contributed by atoms with Crippen molar-refractivity contribution in [2.24, 2.45) is 0 Å². The van der Waals surface area contributed by atoms with Gasteiger partial charge in [0.25, 0.3) is 5.91 Å². The van der Waals surface area contributed by atoms with Crippen LogP contribution in [0.4, 0.5) is 5.69 Å². The molecule has 3 aromatic carbocycles. The molecule has 1 amide bonds. The predicted octanol–water partition coefficient (Wildman–Crippen LogP) is 5.02. The lowest BCUT2D eigenvalue weighted by atomic mass is 10.0. The summed E-state index contributed by atoms with van der Waals surface area (Å²) in [6.45, 7) is 0.214. The Morgan fingerprint density at radius 3 is 2.28 bits per heavy atom. The van der Waals surface area contributed by atoms with Crippen LogP contribution in [0.25, 0.3) is 11.6 Å². The molecule has 0 atom stereocenters. The Morgan fingerprint density at radius 2 is 1.66 bits per heavy atom. The van der Waals surface area contributed by atoms with E-state index in [9.17, 15) is 10.1 Å². The van der Waals surface area contributed by atoms with Crippen LogP contribution in [0.1, 0.15) is 21.5 Å². The largest absolute Gasteiger partial charge is 0.481 e. The fourth-order valence-electron chi connectivity index (χ4n) is 2.66. The molecule has 4 nitrogen and oxygen atoms in total. The van der Waals surface area contributed by atoms with Crippen LogP contribution in [0.3, 0.4) is 0 Å².